The smallest absolute Gasteiger partial charge is 0.354 e. The maximum absolute atomic E-state index is 11.0. The molecular formula is C11H13NO3. The topological polar surface area (TPSA) is 59.4 Å². The van der Waals surface area contributed by atoms with E-state index < -0.39 is 5.97 Å². The van der Waals surface area contributed by atoms with E-state index in [9.17, 15) is 4.79 Å². The molecule has 0 aromatic carbocycles. The van der Waals surface area contributed by atoms with Crippen molar-refractivity contribution in [2.45, 2.75) is 18.8 Å². The number of pyridine rings is 1. The molecule has 0 aliphatic carbocycles. The number of hydrogen-bond acceptors (Lipinski definition) is 3. The van der Waals surface area contributed by atoms with E-state index in [1.807, 2.05) is 6.07 Å². The van der Waals surface area contributed by atoms with E-state index in [-0.39, 0.29) is 11.6 Å². The molecule has 1 aromatic heterocycles. The Morgan fingerprint density at radius 1 is 1.47 bits per heavy atom. The molecule has 80 valence electrons. The second-order valence-electron chi connectivity index (χ2n) is 3.63. The lowest BCUT2D eigenvalue weighted by atomic mass is 9.90. The molecule has 0 amide bonds. The highest BCUT2D eigenvalue weighted by Gasteiger charge is 2.21. The van der Waals surface area contributed by atoms with E-state index in [1.54, 1.807) is 6.07 Å². The van der Waals surface area contributed by atoms with Crippen LogP contribution in [0.2, 0.25) is 0 Å². The summed E-state index contributed by atoms with van der Waals surface area (Å²) in [5.74, 6) is -0.671. The number of hydrogen-bond donors (Lipinski definition) is 1. The number of ether oxygens (including phenoxy) is 1. The predicted octanol–water partition coefficient (Wildman–Crippen LogP) is 1.67. The molecule has 15 heavy (non-hydrogen) atoms. The first-order valence-electron chi connectivity index (χ1n) is 5.05. The lowest BCUT2D eigenvalue weighted by Gasteiger charge is -2.22. The van der Waals surface area contributed by atoms with Gasteiger partial charge >= 0.3 is 5.97 Å². The molecule has 4 nitrogen and oxygen atoms in total. The number of carboxylic acids is 1. The van der Waals surface area contributed by atoms with Crippen LogP contribution in [-0.4, -0.2) is 29.3 Å². The molecule has 2 heterocycles. The van der Waals surface area contributed by atoms with Crippen LogP contribution >= 0.6 is 0 Å². The highest BCUT2D eigenvalue weighted by molar-refractivity contribution is 5.87. The molecule has 1 N–H and O–H groups in total. The minimum absolute atomic E-state index is 0.185. The lowest BCUT2D eigenvalue weighted by molar-refractivity contribution is 0.0678. The van der Waals surface area contributed by atoms with Gasteiger partial charge in [0.2, 0.25) is 0 Å². The van der Waals surface area contributed by atoms with E-state index >= 15 is 0 Å². The Balaban J connectivity index is 2.29. The minimum Gasteiger partial charge on any atom is -0.477 e. The van der Waals surface area contributed by atoms with Crippen molar-refractivity contribution in [1.29, 1.82) is 0 Å². The molecule has 0 radical (unpaired) electrons. The van der Waals surface area contributed by atoms with Crippen LogP contribution in [0.25, 0.3) is 0 Å². The molecule has 0 atom stereocenters. The lowest BCUT2D eigenvalue weighted by Crippen LogP contribution is -2.17. The van der Waals surface area contributed by atoms with Crippen LogP contribution in [0.1, 0.15) is 34.8 Å². The van der Waals surface area contributed by atoms with Crippen molar-refractivity contribution in [2.75, 3.05) is 13.2 Å². The van der Waals surface area contributed by atoms with Gasteiger partial charge in [-0.15, -0.1) is 0 Å². The Kier molecular flexibility index (Phi) is 2.97. The predicted molar refractivity (Wildman–Crippen MR) is 54.0 cm³/mol. The highest BCUT2D eigenvalue weighted by Crippen LogP contribution is 2.28. The van der Waals surface area contributed by atoms with Gasteiger partial charge < -0.3 is 9.84 Å². The van der Waals surface area contributed by atoms with Crippen molar-refractivity contribution in [1.82, 2.24) is 4.98 Å². The first-order valence-corrected chi connectivity index (χ1v) is 5.05. The van der Waals surface area contributed by atoms with Gasteiger partial charge in [-0.05, 0) is 30.4 Å². The van der Waals surface area contributed by atoms with Gasteiger partial charge in [0.05, 0.1) is 0 Å². The number of nitrogens with zero attached hydrogens (tertiary/aromatic N) is 1. The summed E-state index contributed by atoms with van der Waals surface area (Å²) in [6.45, 7) is 1.41. The number of carbonyl (C=O) groups is 1. The van der Waals surface area contributed by atoms with Gasteiger partial charge in [0.15, 0.2) is 5.69 Å². The Hall–Kier alpha value is -1.42. The van der Waals surface area contributed by atoms with E-state index in [1.165, 1.54) is 6.20 Å². The molecule has 1 aliphatic heterocycles. The molecule has 1 saturated heterocycles. The van der Waals surface area contributed by atoms with Gasteiger partial charge in [-0.25, -0.2) is 9.78 Å². The summed E-state index contributed by atoms with van der Waals surface area (Å²) in [4.78, 5) is 14.9. The minimum atomic E-state index is -0.947. The average Bonchev–Trinajstić information content (AvgIpc) is 2.30. The van der Waals surface area contributed by atoms with Crippen LogP contribution in [0.15, 0.2) is 18.3 Å². The fraction of sp³-hybridized carbons (Fsp3) is 0.455. The standard InChI is InChI=1S/C11H13NO3/c13-11(14)10-9(2-1-5-12-10)8-3-6-15-7-4-8/h1-2,5,8H,3-4,6-7H2,(H,13,14). The quantitative estimate of drug-likeness (QED) is 0.801. The monoisotopic (exact) mass is 207 g/mol. The molecule has 0 unspecified atom stereocenters. The zero-order chi connectivity index (χ0) is 10.7. The van der Waals surface area contributed by atoms with Crippen LogP contribution in [0, 0.1) is 0 Å². The van der Waals surface area contributed by atoms with Gasteiger partial charge in [-0.2, -0.15) is 0 Å². The van der Waals surface area contributed by atoms with Gasteiger partial charge in [-0.1, -0.05) is 6.07 Å². The molecular weight excluding hydrogens is 194 g/mol. The summed E-state index contributed by atoms with van der Waals surface area (Å²) in [7, 11) is 0. The fourth-order valence-corrected chi connectivity index (χ4v) is 1.93. The third kappa shape index (κ3) is 2.15. The zero-order valence-electron chi connectivity index (χ0n) is 8.35. The SMILES string of the molecule is O=C(O)c1ncccc1C1CCOCC1. The summed E-state index contributed by atoms with van der Waals surface area (Å²) >= 11 is 0. The van der Waals surface area contributed by atoms with Crippen molar-refractivity contribution in [2.24, 2.45) is 0 Å². The fourth-order valence-electron chi connectivity index (χ4n) is 1.93. The number of carboxylic acid groups (broad SMARTS) is 1. The molecule has 0 saturated carbocycles. The molecule has 4 heteroatoms. The van der Waals surface area contributed by atoms with Crippen LogP contribution in [-0.2, 0) is 4.74 Å². The number of aromatic carboxylic acids is 1. The number of aromatic nitrogens is 1. The molecule has 1 aromatic rings. The summed E-state index contributed by atoms with van der Waals surface area (Å²) in [5, 5.41) is 9.00. The van der Waals surface area contributed by atoms with Crippen LogP contribution in [0.5, 0.6) is 0 Å². The Morgan fingerprint density at radius 3 is 2.87 bits per heavy atom. The van der Waals surface area contributed by atoms with Crippen LogP contribution < -0.4 is 0 Å². The highest BCUT2D eigenvalue weighted by atomic mass is 16.5. The van der Waals surface area contributed by atoms with E-state index in [2.05, 4.69) is 4.98 Å². The van der Waals surface area contributed by atoms with Gasteiger partial charge in [0.1, 0.15) is 0 Å². The van der Waals surface area contributed by atoms with Gasteiger partial charge in [0, 0.05) is 19.4 Å². The third-order valence-corrected chi connectivity index (χ3v) is 2.70. The molecule has 1 aliphatic rings. The van der Waals surface area contributed by atoms with Gasteiger partial charge in [0.25, 0.3) is 0 Å². The summed E-state index contributed by atoms with van der Waals surface area (Å²) in [6, 6.07) is 3.64. The maximum atomic E-state index is 11.0. The first kappa shape index (κ1) is 10.1. The Labute approximate surface area is 87.9 Å². The summed E-state index contributed by atoms with van der Waals surface area (Å²) < 4.78 is 5.25. The normalized spacial score (nSPS) is 17.6. The second-order valence-corrected chi connectivity index (χ2v) is 3.63. The van der Waals surface area contributed by atoms with E-state index in [4.69, 9.17) is 9.84 Å². The van der Waals surface area contributed by atoms with Gasteiger partial charge in [-0.3, -0.25) is 0 Å². The second kappa shape index (κ2) is 4.40. The summed E-state index contributed by atoms with van der Waals surface area (Å²) in [6.07, 6.45) is 3.28. The van der Waals surface area contributed by atoms with Crippen molar-refractivity contribution in [3.05, 3.63) is 29.6 Å². The molecule has 1 fully saturated rings. The van der Waals surface area contributed by atoms with Crippen molar-refractivity contribution >= 4 is 5.97 Å². The van der Waals surface area contributed by atoms with Crippen molar-refractivity contribution < 1.29 is 14.6 Å². The van der Waals surface area contributed by atoms with Crippen LogP contribution in [0.4, 0.5) is 0 Å². The molecule has 2 rings (SSSR count). The van der Waals surface area contributed by atoms with E-state index in [0.717, 1.165) is 18.4 Å². The molecule has 0 spiro atoms. The van der Waals surface area contributed by atoms with Crippen molar-refractivity contribution in [3.63, 3.8) is 0 Å². The first-order chi connectivity index (χ1) is 7.29. The molecule has 0 bridgehead atoms. The average molecular weight is 207 g/mol. The van der Waals surface area contributed by atoms with Crippen LogP contribution in [0.3, 0.4) is 0 Å². The third-order valence-electron chi connectivity index (χ3n) is 2.70. The maximum Gasteiger partial charge on any atom is 0.354 e. The summed E-state index contributed by atoms with van der Waals surface area (Å²) in [5.41, 5.74) is 1.03. The van der Waals surface area contributed by atoms with E-state index in [0.29, 0.717) is 13.2 Å². The zero-order valence-corrected chi connectivity index (χ0v) is 8.35. The van der Waals surface area contributed by atoms with Crippen molar-refractivity contribution in [3.8, 4) is 0 Å². The Morgan fingerprint density at radius 2 is 2.20 bits per heavy atom. The number of rotatable bonds is 2. The largest absolute Gasteiger partial charge is 0.477 e. The Bertz CT molecular complexity index is 359.